The van der Waals surface area contributed by atoms with Gasteiger partial charge in [-0.15, -0.1) is 0 Å². The highest BCUT2D eigenvalue weighted by Gasteiger charge is 2.41. The zero-order chi connectivity index (χ0) is 17.7. The minimum absolute atomic E-state index is 0.190. The highest BCUT2D eigenvalue weighted by atomic mass is 16.2. The van der Waals surface area contributed by atoms with Gasteiger partial charge in [-0.25, -0.2) is 0 Å². The van der Waals surface area contributed by atoms with E-state index in [1.165, 1.54) is 0 Å². The van der Waals surface area contributed by atoms with E-state index in [4.69, 9.17) is 0 Å². The van der Waals surface area contributed by atoms with Gasteiger partial charge < -0.3 is 10.2 Å². The second-order valence-corrected chi connectivity index (χ2v) is 7.14. The van der Waals surface area contributed by atoms with Gasteiger partial charge in [-0.2, -0.15) is 5.26 Å². The smallest absolute Gasteiger partial charge is 0.244 e. The maximum atomic E-state index is 12.4. The van der Waals surface area contributed by atoms with Crippen LogP contribution in [0.15, 0.2) is 24.3 Å². The number of carbonyl (C=O) groups excluding carboxylic acids is 2. The predicted octanol–water partition coefficient (Wildman–Crippen LogP) is 3.26. The van der Waals surface area contributed by atoms with Gasteiger partial charge in [0.15, 0.2) is 0 Å². The molecule has 5 heteroatoms. The molecule has 1 heterocycles. The first kappa shape index (κ1) is 17.5. The van der Waals surface area contributed by atoms with Gasteiger partial charge in [-0.1, -0.05) is 25.0 Å². The van der Waals surface area contributed by atoms with E-state index in [2.05, 4.69) is 11.4 Å². The fourth-order valence-corrected chi connectivity index (χ4v) is 3.75. The maximum absolute atomic E-state index is 12.4. The SMILES string of the molecule is N#CC1(C(=O)Nc2ccc(CCC(=O)N3CCCC3)cc2)CCCC1. The summed E-state index contributed by atoms with van der Waals surface area (Å²) in [6.07, 6.45) is 6.64. The van der Waals surface area contributed by atoms with Gasteiger partial charge in [0.05, 0.1) is 6.07 Å². The predicted molar refractivity (Wildman–Crippen MR) is 95.7 cm³/mol. The third-order valence-corrected chi connectivity index (χ3v) is 5.40. The third-order valence-electron chi connectivity index (χ3n) is 5.40. The lowest BCUT2D eigenvalue weighted by Crippen LogP contribution is -2.32. The molecule has 3 rings (SSSR count). The Morgan fingerprint density at radius 2 is 1.72 bits per heavy atom. The molecule has 0 aromatic heterocycles. The molecule has 2 aliphatic rings. The van der Waals surface area contributed by atoms with Gasteiger partial charge in [0.25, 0.3) is 0 Å². The summed E-state index contributed by atoms with van der Waals surface area (Å²) >= 11 is 0. The highest BCUT2D eigenvalue weighted by Crippen LogP contribution is 2.38. The summed E-state index contributed by atoms with van der Waals surface area (Å²) in [6.45, 7) is 1.79. The van der Waals surface area contributed by atoms with Crippen molar-refractivity contribution in [1.29, 1.82) is 5.26 Å². The van der Waals surface area contributed by atoms with E-state index < -0.39 is 5.41 Å². The number of rotatable bonds is 5. The summed E-state index contributed by atoms with van der Waals surface area (Å²) in [5.41, 5.74) is 0.934. The molecule has 2 fully saturated rings. The first-order valence-corrected chi connectivity index (χ1v) is 9.22. The number of hydrogen-bond donors (Lipinski definition) is 1. The van der Waals surface area contributed by atoms with E-state index in [1.807, 2.05) is 29.2 Å². The van der Waals surface area contributed by atoms with Crippen LogP contribution in [0.1, 0.15) is 50.5 Å². The van der Waals surface area contributed by atoms with E-state index >= 15 is 0 Å². The zero-order valence-corrected chi connectivity index (χ0v) is 14.6. The Kier molecular flexibility index (Phi) is 5.37. The number of amides is 2. The zero-order valence-electron chi connectivity index (χ0n) is 14.6. The lowest BCUT2D eigenvalue weighted by atomic mass is 9.87. The average molecular weight is 339 g/mol. The molecule has 5 nitrogen and oxygen atoms in total. The van der Waals surface area contributed by atoms with Gasteiger partial charge in [-0.3, -0.25) is 9.59 Å². The number of nitrogens with zero attached hydrogens (tertiary/aromatic N) is 2. The molecule has 1 saturated carbocycles. The number of benzene rings is 1. The van der Waals surface area contributed by atoms with Crippen LogP contribution in [0.2, 0.25) is 0 Å². The first-order valence-electron chi connectivity index (χ1n) is 9.22. The summed E-state index contributed by atoms with van der Waals surface area (Å²) in [7, 11) is 0. The monoisotopic (exact) mass is 339 g/mol. The van der Waals surface area contributed by atoms with Crippen molar-refractivity contribution in [3.05, 3.63) is 29.8 Å². The van der Waals surface area contributed by atoms with Crippen LogP contribution in [0.4, 0.5) is 5.69 Å². The number of carbonyl (C=O) groups is 2. The Balaban J connectivity index is 1.52. The van der Waals surface area contributed by atoms with Crippen molar-refractivity contribution >= 4 is 17.5 Å². The van der Waals surface area contributed by atoms with Crippen molar-refractivity contribution in [3.8, 4) is 6.07 Å². The molecule has 25 heavy (non-hydrogen) atoms. The van der Waals surface area contributed by atoms with E-state index in [0.717, 1.165) is 44.3 Å². The molecule has 132 valence electrons. The molecule has 1 saturated heterocycles. The fraction of sp³-hybridized carbons (Fsp3) is 0.550. The standard InChI is InChI=1S/C20H25N3O2/c21-15-20(11-1-2-12-20)19(25)22-17-8-5-16(6-9-17)7-10-18(24)23-13-3-4-14-23/h5-6,8-9H,1-4,7,10-14H2,(H,22,25). The molecule has 0 radical (unpaired) electrons. The van der Waals surface area contributed by atoms with Gasteiger partial charge in [0.2, 0.25) is 11.8 Å². The lowest BCUT2D eigenvalue weighted by Gasteiger charge is -2.19. The van der Waals surface area contributed by atoms with E-state index in [-0.39, 0.29) is 11.8 Å². The number of hydrogen-bond acceptors (Lipinski definition) is 3. The van der Waals surface area contributed by atoms with Crippen molar-refractivity contribution in [3.63, 3.8) is 0 Å². The van der Waals surface area contributed by atoms with Crippen LogP contribution in [-0.4, -0.2) is 29.8 Å². The molecule has 0 atom stereocenters. The molecular formula is C20H25N3O2. The van der Waals surface area contributed by atoms with Crippen LogP contribution in [-0.2, 0) is 16.0 Å². The van der Waals surface area contributed by atoms with Crippen LogP contribution < -0.4 is 5.32 Å². The van der Waals surface area contributed by atoms with Crippen molar-refractivity contribution < 1.29 is 9.59 Å². The number of likely N-dealkylation sites (tertiary alicyclic amines) is 1. The largest absolute Gasteiger partial charge is 0.343 e. The summed E-state index contributed by atoms with van der Waals surface area (Å²) in [4.78, 5) is 26.5. The minimum atomic E-state index is -0.860. The first-order chi connectivity index (χ1) is 12.1. The molecule has 1 aromatic carbocycles. The van der Waals surface area contributed by atoms with Crippen molar-refractivity contribution in [2.24, 2.45) is 5.41 Å². The Labute approximate surface area is 149 Å². The van der Waals surface area contributed by atoms with Crippen LogP contribution in [0.3, 0.4) is 0 Å². The molecule has 1 N–H and O–H groups in total. The third kappa shape index (κ3) is 4.01. The van der Waals surface area contributed by atoms with Crippen molar-refractivity contribution in [2.75, 3.05) is 18.4 Å². The summed E-state index contributed by atoms with van der Waals surface area (Å²) in [6, 6.07) is 9.81. The minimum Gasteiger partial charge on any atom is -0.343 e. The normalized spacial score (nSPS) is 18.8. The van der Waals surface area contributed by atoms with E-state index in [9.17, 15) is 14.9 Å². The van der Waals surface area contributed by atoms with Gasteiger partial charge in [0, 0.05) is 25.2 Å². The number of aryl methyl sites for hydroxylation is 1. The van der Waals surface area contributed by atoms with Crippen LogP contribution in [0.5, 0.6) is 0 Å². The van der Waals surface area contributed by atoms with Gasteiger partial charge in [-0.05, 0) is 49.8 Å². The lowest BCUT2D eigenvalue weighted by molar-refractivity contribution is -0.130. The number of nitrogens with one attached hydrogen (secondary N) is 1. The Hall–Kier alpha value is -2.35. The van der Waals surface area contributed by atoms with E-state index in [1.54, 1.807) is 0 Å². The average Bonchev–Trinajstić information content (AvgIpc) is 3.33. The second kappa shape index (κ2) is 7.69. The van der Waals surface area contributed by atoms with Gasteiger partial charge in [0.1, 0.15) is 5.41 Å². The van der Waals surface area contributed by atoms with Crippen LogP contribution >= 0.6 is 0 Å². The Morgan fingerprint density at radius 3 is 2.32 bits per heavy atom. The second-order valence-electron chi connectivity index (χ2n) is 7.14. The summed E-state index contributed by atoms with van der Waals surface area (Å²) in [5.74, 6) is 0.0385. The molecule has 0 bridgehead atoms. The Morgan fingerprint density at radius 1 is 1.08 bits per heavy atom. The van der Waals surface area contributed by atoms with E-state index in [0.29, 0.717) is 31.4 Å². The van der Waals surface area contributed by atoms with Crippen molar-refractivity contribution in [2.45, 2.75) is 51.4 Å². The summed E-state index contributed by atoms with van der Waals surface area (Å²) < 4.78 is 0. The molecule has 0 spiro atoms. The highest BCUT2D eigenvalue weighted by molar-refractivity contribution is 5.97. The fourth-order valence-electron chi connectivity index (χ4n) is 3.75. The maximum Gasteiger partial charge on any atom is 0.244 e. The Bertz CT molecular complexity index is 663. The molecular weight excluding hydrogens is 314 g/mol. The molecule has 1 aromatic rings. The quantitative estimate of drug-likeness (QED) is 0.895. The summed E-state index contributed by atoms with van der Waals surface area (Å²) in [5, 5.41) is 12.3. The molecule has 2 amide bonds. The molecule has 1 aliphatic heterocycles. The van der Waals surface area contributed by atoms with Gasteiger partial charge >= 0.3 is 0 Å². The molecule has 1 aliphatic carbocycles. The topological polar surface area (TPSA) is 73.2 Å². The van der Waals surface area contributed by atoms with Crippen LogP contribution in [0.25, 0.3) is 0 Å². The number of anilines is 1. The number of nitriles is 1. The van der Waals surface area contributed by atoms with Crippen molar-refractivity contribution in [1.82, 2.24) is 4.90 Å². The molecule has 0 unspecified atom stereocenters. The van der Waals surface area contributed by atoms with Crippen LogP contribution in [0, 0.1) is 16.7 Å².